The van der Waals surface area contributed by atoms with Gasteiger partial charge in [0.1, 0.15) is 5.82 Å². The first-order valence-electron chi connectivity index (χ1n) is 5.92. The topological polar surface area (TPSA) is 0 Å². The number of rotatable bonds is 3. The molecular weight excluding hydrogens is 336 g/mol. The molecule has 0 saturated heterocycles. The zero-order valence-electron chi connectivity index (χ0n) is 10.3. The maximum Gasteiger partial charge on any atom is 0.416 e. The Balaban J connectivity index is 2.28. The predicted molar refractivity (Wildman–Crippen MR) is 73.2 cm³/mol. The molecule has 5 heteroatoms. The average molecular weight is 347 g/mol. The Morgan fingerprint density at radius 2 is 1.70 bits per heavy atom. The molecule has 0 heterocycles. The standard InChI is InChI=1S/C15H11BrF4/c16-14(9-10-4-3-5-11(17)8-10)12-6-1-2-7-13(12)15(18,19)20/h1-8,14H,9H2. The molecule has 0 nitrogen and oxygen atoms in total. The smallest absolute Gasteiger partial charge is 0.207 e. The van der Waals surface area contributed by atoms with Gasteiger partial charge in [-0.05, 0) is 35.7 Å². The number of hydrogen-bond acceptors (Lipinski definition) is 0. The summed E-state index contributed by atoms with van der Waals surface area (Å²) >= 11 is 3.27. The van der Waals surface area contributed by atoms with Crippen LogP contribution in [0.1, 0.15) is 21.5 Å². The van der Waals surface area contributed by atoms with E-state index < -0.39 is 22.4 Å². The average Bonchev–Trinajstić information content (AvgIpc) is 2.37. The lowest BCUT2D eigenvalue weighted by atomic mass is 9.99. The summed E-state index contributed by atoms with van der Waals surface area (Å²) in [4.78, 5) is -0.526. The van der Waals surface area contributed by atoms with Crippen molar-refractivity contribution in [1.29, 1.82) is 0 Å². The SMILES string of the molecule is Fc1cccc(CC(Br)c2ccccc2C(F)(F)F)c1. The summed E-state index contributed by atoms with van der Waals surface area (Å²) in [6.07, 6.45) is -4.12. The number of hydrogen-bond donors (Lipinski definition) is 0. The molecule has 0 aliphatic carbocycles. The van der Waals surface area contributed by atoms with Crippen LogP contribution in [-0.2, 0) is 12.6 Å². The molecule has 20 heavy (non-hydrogen) atoms. The molecule has 0 N–H and O–H groups in total. The highest BCUT2D eigenvalue weighted by atomic mass is 79.9. The van der Waals surface area contributed by atoms with Gasteiger partial charge in [-0.3, -0.25) is 0 Å². The maximum absolute atomic E-state index is 13.1. The van der Waals surface area contributed by atoms with E-state index in [9.17, 15) is 17.6 Å². The molecule has 2 aromatic rings. The number of benzene rings is 2. The van der Waals surface area contributed by atoms with Gasteiger partial charge in [-0.2, -0.15) is 13.2 Å². The molecule has 1 unspecified atom stereocenters. The largest absolute Gasteiger partial charge is 0.416 e. The molecule has 0 spiro atoms. The van der Waals surface area contributed by atoms with Crippen LogP contribution in [0.4, 0.5) is 17.6 Å². The lowest BCUT2D eigenvalue weighted by molar-refractivity contribution is -0.138. The normalized spacial score (nSPS) is 13.2. The van der Waals surface area contributed by atoms with Crippen LogP contribution in [0.3, 0.4) is 0 Å². The fourth-order valence-corrected chi connectivity index (χ4v) is 2.78. The molecule has 106 valence electrons. The van der Waals surface area contributed by atoms with Gasteiger partial charge in [-0.1, -0.05) is 46.3 Å². The lowest BCUT2D eigenvalue weighted by Gasteiger charge is -2.17. The molecule has 2 aromatic carbocycles. The fraction of sp³-hybridized carbons (Fsp3) is 0.200. The van der Waals surface area contributed by atoms with Crippen LogP contribution in [0.5, 0.6) is 0 Å². The van der Waals surface area contributed by atoms with Crippen molar-refractivity contribution in [2.24, 2.45) is 0 Å². The van der Waals surface area contributed by atoms with Crippen molar-refractivity contribution in [3.63, 3.8) is 0 Å². The molecule has 0 fully saturated rings. The van der Waals surface area contributed by atoms with Gasteiger partial charge in [0.15, 0.2) is 0 Å². The van der Waals surface area contributed by atoms with Crippen LogP contribution < -0.4 is 0 Å². The molecule has 0 aliphatic heterocycles. The Morgan fingerprint density at radius 3 is 2.35 bits per heavy atom. The van der Waals surface area contributed by atoms with Crippen molar-refractivity contribution in [3.05, 3.63) is 71.0 Å². The van der Waals surface area contributed by atoms with E-state index in [-0.39, 0.29) is 12.0 Å². The molecular formula is C15H11BrF4. The van der Waals surface area contributed by atoms with Crippen molar-refractivity contribution in [2.75, 3.05) is 0 Å². The molecule has 0 aliphatic rings. The second-order valence-corrected chi connectivity index (χ2v) is 5.49. The maximum atomic E-state index is 13.1. The minimum atomic E-state index is -4.40. The summed E-state index contributed by atoms with van der Waals surface area (Å²) in [6, 6.07) is 11.3. The van der Waals surface area contributed by atoms with Crippen LogP contribution in [0.2, 0.25) is 0 Å². The summed E-state index contributed by atoms with van der Waals surface area (Å²) in [5.74, 6) is -0.397. The minimum Gasteiger partial charge on any atom is -0.207 e. The third-order valence-electron chi connectivity index (χ3n) is 2.91. The van der Waals surface area contributed by atoms with E-state index >= 15 is 0 Å². The van der Waals surface area contributed by atoms with E-state index in [1.54, 1.807) is 18.2 Å². The third-order valence-corrected chi connectivity index (χ3v) is 3.72. The van der Waals surface area contributed by atoms with Gasteiger partial charge in [0.2, 0.25) is 0 Å². The van der Waals surface area contributed by atoms with Gasteiger partial charge in [0.05, 0.1) is 5.56 Å². The monoisotopic (exact) mass is 346 g/mol. The predicted octanol–water partition coefficient (Wildman–Crippen LogP) is 5.52. The van der Waals surface area contributed by atoms with Crippen molar-refractivity contribution in [2.45, 2.75) is 17.4 Å². The highest BCUT2D eigenvalue weighted by molar-refractivity contribution is 9.09. The first-order chi connectivity index (χ1) is 9.38. The molecule has 0 aromatic heterocycles. The van der Waals surface area contributed by atoms with E-state index in [1.807, 2.05) is 0 Å². The minimum absolute atomic E-state index is 0.157. The molecule has 2 rings (SSSR count). The Kier molecular flexibility index (Phi) is 4.48. The van der Waals surface area contributed by atoms with Crippen molar-refractivity contribution in [1.82, 2.24) is 0 Å². The molecule has 1 atom stereocenters. The van der Waals surface area contributed by atoms with Gasteiger partial charge in [-0.25, -0.2) is 4.39 Å². The van der Waals surface area contributed by atoms with E-state index in [0.29, 0.717) is 5.56 Å². The Labute approximate surface area is 122 Å². The molecule has 0 amide bonds. The van der Waals surface area contributed by atoms with Crippen molar-refractivity contribution < 1.29 is 17.6 Å². The highest BCUT2D eigenvalue weighted by Crippen LogP contribution is 2.38. The molecule has 0 saturated carbocycles. The van der Waals surface area contributed by atoms with Gasteiger partial charge in [0.25, 0.3) is 0 Å². The summed E-state index contributed by atoms with van der Waals surface area (Å²) in [7, 11) is 0. The second-order valence-electron chi connectivity index (χ2n) is 4.39. The van der Waals surface area contributed by atoms with Crippen LogP contribution in [0, 0.1) is 5.82 Å². The van der Waals surface area contributed by atoms with E-state index in [2.05, 4.69) is 15.9 Å². The van der Waals surface area contributed by atoms with Crippen LogP contribution in [-0.4, -0.2) is 0 Å². The number of alkyl halides is 4. The third kappa shape index (κ3) is 3.60. The zero-order chi connectivity index (χ0) is 14.8. The van der Waals surface area contributed by atoms with Crippen molar-refractivity contribution >= 4 is 15.9 Å². The van der Waals surface area contributed by atoms with Gasteiger partial charge < -0.3 is 0 Å². The quantitative estimate of drug-likeness (QED) is 0.506. The Hall–Kier alpha value is -1.36. The Bertz CT molecular complexity index is 592. The van der Waals surface area contributed by atoms with Crippen LogP contribution in [0.25, 0.3) is 0 Å². The summed E-state index contributed by atoms with van der Waals surface area (Å²) in [5.41, 5.74) is 0.131. The Morgan fingerprint density at radius 1 is 1.00 bits per heavy atom. The van der Waals surface area contributed by atoms with Crippen LogP contribution in [0.15, 0.2) is 48.5 Å². The molecule has 0 radical (unpaired) electrons. The molecule has 0 bridgehead atoms. The summed E-state index contributed by atoms with van der Waals surface area (Å²) < 4.78 is 51.9. The van der Waals surface area contributed by atoms with Gasteiger partial charge >= 0.3 is 6.18 Å². The number of halogens is 5. The highest BCUT2D eigenvalue weighted by Gasteiger charge is 2.34. The first-order valence-corrected chi connectivity index (χ1v) is 6.84. The van der Waals surface area contributed by atoms with Gasteiger partial charge in [0, 0.05) is 4.83 Å². The summed E-state index contributed by atoms with van der Waals surface area (Å²) in [5, 5.41) is 0. The first kappa shape index (κ1) is 15.0. The van der Waals surface area contributed by atoms with E-state index in [4.69, 9.17) is 0 Å². The lowest BCUT2D eigenvalue weighted by Crippen LogP contribution is -2.10. The van der Waals surface area contributed by atoms with Crippen LogP contribution >= 0.6 is 15.9 Å². The fourth-order valence-electron chi connectivity index (χ4n) is 2.01. The van der Waals surface area contributed by atoms with Crippen molar-refractivity contribution in [3.8, 4) is 0 Å². The van der Waals surface area contributed by atoms with Gasteiger partial charge in [-0.15, -0.1) is 0 Å². The zero-order valence-corrected chi connectivity index (χ0v) is 11.9. The summed E-state index contributed by atoms with van der Waals surface area (Å²) in [6.45, 7) is 0. The van der Waals surface area contributed by atoms with E-state index in [1.165, 1.54) is 24.3 Å². The van der Waals surface area contributed by atoms with E-state index in [0.717, 1.165) is 6.07 Å². The second kappa shape index (κ2) is 5.95.